The summed E-state index contributed by atoms with van der Waals surface area (Å²) >= 11 is 0. The lowest BCUT2D eigenvalue weighted by molar-refractivity contribution is -0.00507. The Labute approximate surface area is 162 Å². The topological polar surface area (TPSA) is 50.6 Å². The predicted molar refractivity (Wildman–Crippen MR) is 105 cm³/mol. The average Bonchev–Trinajstić information content (AvgIpc) is 3.29. The smallest absolute Gasteiger partial charge is 0.409 e. The Morgan fingerprint density at radius 3 is 2.74 bits per heavy atom. The second-order valence-electron chi connectivity index (χ2n) is 8.72. The first-order valence-electron chi connectivity index (χ1n) is 10.8. The first-order valence-corrected chi connectivity index (χ1v) is 10.8. The molecule has 0 radical (unpaired) electrons. The molecule has 4 rings (SSSR count). The van der Waals surface area contributed by atoms with Gasteiger partial charge in [0.2, 0.25) is 0 Å². The molecule has 0 aromatic carbocycles. The summed E-state index contributed by atoms with van der Waals surface area (Å²) in [6.45, 7) is 9.76. The number of piperidine rings is 1. The summed E-state index contributed by atoms with van der Waals surface area (Å²) in [6, 6.07) is 2.94. The van der Waals surface area contributed by atoms with E-state index in [1.807, 2.05) is 18.0 Å². The molecule has 0 unspecified atom stereocenters. The van der Waals surface area contributed by atoms with Crippen LogP contribution in [-0.4, -0.2) is 64.5 Å². The number of rotatable bonds is 5. The van der Waals surface area contributed by atoms with Crippen LogP contribution in [0.1, 0.15) is 64.0 Å². The molecule has 1 aliphatic carbocycles. The van der Waals surface area contributed by atoms with Gasteiger partial charge in [-0.25, -0.2) is 4.79 Å². The lowest BCUT2D eigenvalue weighted by Gasteiger charge is -2.51. The van der Waals surface area contributed by atoms with Gasteiger partial charge in [-0.3, -0.25) is 4.68 Å². The minimum atomic E-state index is -0.123. The molecule has 1 aromatic rings. The van der Waals surface area contributed by atoms with Crippen LogP contribution in [0.15, 0.2) is 12.3 Å². The fraction of sp³-hybridized carbons (Fsp3) is 0.810. The number of nitrogens with zero attached hydrogens (tertiary/aromatic N) is 4. The summed E-state index contributed by atoms with van der Waals surface area (Å²) in [5, 5.41) is 4.51. The fourth-order valence-electron chi connectivity index (χ4n) is 5.49. The summed E-state index contributed by atoms with van der Waals surface area (Å²) in [6.07, 6.45) is 9.12. The van der Waals surface area contributed by atoms with Gasteiger partial charge in [0.25, 0.3) is 0 Å². The van der Waals surface area contributed by atoms with Crippen molar-refractivity contribution < 1.29 is 9.53 Å². The number of carbonyl (C=O) groups excluding carboxylic acids is 1. The number of carbonyl (C=O) groups is 1. The van der Waals surface area contributed by atoms with Crippen molar-refractivity contribution in [3.05, 3.63) is 18.0 Å². The van der Waals surface area contributed by atoms with Gasteiger partial charge in [0.1, 0.15) is 0 Å². The molecule has 0 bridgehead atoms. The maximum Gasteiger partial charge on any atom is 0.409 e. The van der Waals surface area contributed by atoms with E-state index in [1.54, 1.807) is 0 Å². The Hall–Kier alpha value is -1.56. The normalized spacial score (nSPS) is 29.3. The van der Waals surface area contributed by atoms with Crippen LogP contribution < -0.4 is 0 Å². The van der Waals surface area contributed by atoms with Crippen LogP contribution in [0.25, 0.3) is 0 Å². The zero-order valence-corrected chi connectivity index (χ0v) is 16.9. The highest BCUT2D eigenvalue weighted by Crippen LogP contribution is 2.51. The van der Waals surface area contributed by atoms with E-state index in [4.69, 9.17) is 4.74 Å². The minimum absolute atomic E-state index is 0.123. The van der Waals surface area contributed by atoms with Crippen LogP contribution in [0.4, 0.5) is 4.79 Å². The lowest BCUT2D eigenvalue weighted by Crippen LogP contribution is -2.54. The standard InChI is InChI=1S/C21H34N4O2/c1-3-10-25-19(5-9-22-25)17-6-11-23(12-7-17)18-14-21(15-18)8-13-24(16-21)20(26)27-4-2/h5,9,17-18H,3-4,6-8,10-16H2,1-2H3. The maximum absolute atomic E-state index is 12.0. The number of aryl methyl sites for hydroxylation is 1. The van der Waals surface area contributed by atoms with Crippen molar-refractivity contribution in [1.82, 2.24) is 19.6 Å². The minimum Gasteiger partial charge on any atom is -0.450 e. The van der Waals surface area contributed by atoms with E-state index in [0.29, 0.717) is 24.0 Å². The molecule has 3 aliphatic rings. The number of aromatic nitrogens is 2. The third-order valence-corrected chi connectivity index (χ3v) is 6.95. The van der Waals surface area contributed by atoms with Crippen LogP contribution in [0.3, 0.4) is 0 Å². The van der Waals surface area contributed by atoms with Gasteiger partial charge >= 0.3 is 6.09 Å². The zero-order valence-electron chi connectivity index (χ0n) is 16.9. The van der Waals surface area contributed by atoms with Crippen molar-refractivity contribution in [2.24, 2.45) is 5.41 Å². The Kier molecular flexibility index (Phi) is 5.44. The van der Waals surface area contributed by atoms with E-state index in [9.17, 15) is 4.79 Å². The number of likely N-dealkylation sites (tertiary alicyclic amines) is 2. The molecular formula is C21H34N4O2. The third-order valence-electron chi connectivity index (χ3n) is 6.95. The first kappa shape index (κ1) is 18.8. The SMILES string of the molecule is CCCn1nccc1C1CCN(C2CC3(CCN(C(=O)OCC)C3)C2)CC1. The number of amides is 1. The second kappa shape index (κ2) is 7.82. The Morgan fingerprint density at radius 1 is 1.26 bits per heavy atom. The third kappa shape index (κ3) is 3.73. The van der Waals surface area contributed by atoms with Gasteiger partial charge in [0.05, 0.1) is 6.61 Å². The zero-order chi connectivity index (χ0) is 18.9. The summed E-state index contributed by atoms with van der Waals surface area (Å²) in [5.74, 6) is 0.662. The first-order chi connectivity index (χ1) is 13.1. The van der Waals surface area contributed by atoms with Crippen LogP contribution in [0, 0.1) is 5.41 Å². The van der Waals surface area contributed by atoms with E-state index in [-0.39, 0.29) is 6.09 Å². The summed E-state index contributed by atoms with van der Waals surface area (Å²) in [5.41, 5.74) is 1.80. The largest absolute Gasteiger partial charge is 0.450 e. The van der Waals surface area contributed by atoms with Gasteiger partial charge in [-0.2, -0.15) is 5.10 Å². The second-order valence-corrected chi connectivity index (χ2v) is 8.72. The number of hydrogen-bond acceptors (Lipinski definition) is 4. The predicted octanol–water partition coefficient (Wildman–Crippen LogP) is 3.48. The molecule has 1 amide bonds. The van der Waals surface area contributed by atoms with Crippen molar-refractivity contribution in [3.63, 3.8) is 0 Å². The Balaban J connectivity index is 1.25. The van der Waals surface area contributed by atoms with E-state index >= 15 is 0 Å². The van der Waals surface area contributed by atoms with Crippen molar-refractivity contribution in [2.75, 3.05) is 32.8 Å². The van der Waals surface area contributed by atoms with Crippen molar-refractivity contribution in [2.45, 2.75) is 70.9 Å². The Morgan fingerprint density at radius 2 is 2.04 bits per heavy atom. The monoisotopic (exact) mass is 374 g/mol. The van der Waals surface area contributed by atoms with Crippen molar-refractivity contribution in [3.8, 4) is 0 Å². The van der Waals surface area contributed by atoms with E-state index < -0.39 is 0 Å². The van der Waals surface area contributed by atoms with Gasteiger partial charge in [-0.05, 0) is 70.0 Å². The summed E-state index contributed by atoms with van der Waals surface area (Å²) in [7, 11) is 0. The highest BCUT2D eigenvalue weighted by atomic mass is 16.6. The molecule has 2 aliphatic heterocycles. The molecule has 6 heteroatoms. The highest BCUT2D eigenvalue weighted by molar-refractivity contribution is 5.68. The average molecular weight is 375 g/mol. The van der Waals surface area contributed by atoms with Crippen LogP contribution in [0.5, 0.6) is 0 Å². The number of ether oxygens (including phenoxy) is 1. The molecule has 0 atom stereocenters. The quantitative estimate of drug-likeness (QED) is 0.792. The molecule has 27 heavy (non-hydrogen) atoms. The molecule has 150 valence electrons. The summed E-state index contributed by atoms with van der Waals surface area (Å²) < 4.78 is 7.38. The van der Waals surface area contributed by atoms with Gasteiger partial charge in [0.15, 0.2) is 0 Å². The van der Waals surface area contributed by atoms with Crippen LogP contribution in [-0.2, 0) is 11.3 Å². The van der Waals surface area contributed by atoms with Gasteiger partial charge in [-0.1, -0.05) is 6.92 Å². The van der Waals surface area contributed by atoms with E-state index in [2.05, 4.69) is 27.7 Å². The van der Waals surface area contributed by atoms with E-state index in [1.165, 1.54) is 44.5 Å². The highest BCUT2D eigenvalue weighted by Gasteiger charge is 2.51. The summed E-state index contributed by atoms with van der Waals surface area (Å²) in [4.78, 5) is 16.6. The molecular weight excluding hydrogens is 340 g/mol. The molecule has 3 heterocycles. The van der Waals surface area contributed by atoms with Gasteiger partial charge in [-0.15, -0.1) is 0 Å². The van der Waals surface area contributed by atoms with Gasteiger partial charge < -0.3 is 14.5 Å². The maximum atomic E-state index is 12.0. The molecule has 0 N–H and O–H groups in total. The van der Waals surface area contributed by atoms with Crippen LogP contribution in [0.2, 0.25) is 0 Å². The van der Waals surface area contributed by atoms with Gasteiger partial charge in [0, 0.05) is 43.5 Å². The molecule has 2 saturated heterocycles. The van der Waals surface area contributed by atoms with Crippen molar-refractivity contribution in [1.29, 1.82) is 0 Å². The molecule has 3 fully saturated rings. The molecule has 1 spiro atoms. The fourth-order valence-corrected chi connectivity index (χ4v) is 5.49. The van der Waals surface area contributed by atoms with Crippen molar-refractivity contribution >= 4 is 6.09 Å². The van der Waals surface area contributed by atoms with Crippen LogP contribution >= 0.6 is 0 Å². The van der Waals surface area contributed by atoms with E-state index in [0.717, 1.165) is 32.5 Å². The lowest BCUT2D eigenvalue weighted by atomic mass is 9.64. The Bertz CT molecular complexity index is 644. The number of hydrogen-bond donors (Lipinski definition) is 0. The molecule has 1 aromatic heterocycles. The molecule has 6 nitrogen and oxygen atoms in total. The molecule has 1 saturated carbocycles.